The largest absolute Gasteiger partial charge is 0.388 e. The molecule has 0 spiro atoms. The average molecular weight is 344 g/mol. The highest BCUT2D eigenvalue weighted by molar-refractivity contribution is 9.10. The smallest absolute Gasteiger partial charge is 0.0860 e. The first-order valence-electron chi connectivity index (χ1n) is 6.03. The van der Waals surface area contributed by atoms with Gasteiger partial charge >= 0.3 is 0 Å². The quantitative estimate of drug-likeness (QED) is 0.922. The third kappa shape index (κ3) is 2.86. The van der Waals surface area contributed by atoms with Crippen molar-refractivity contribution < 1.29 is 5.11 Å². The van der Waals surface area contributed by atoms with Crippen molar-refractivity contribution in [3.05, 3.63) is 50.2 Å². The topological polar surface area (TPSA) is 38.1 Å². The van der Waals surface area contributed by atoms with Gasteiger partial charge in [-0.3, -0.25) is 4.68 Å². The number of rotatable bonds is 3. The van der Waals surface area contributed by atoms with E-state index in [4.69, 9.17) is 11.6 Å². The van der Waals surface area contributed by atoms with Gasteiger partial charge in [-0.1, -0.05) is 29.8 Å². The van der Waals surface area contributed by atoms with Crippen molar-refractivity contribution in [2.45, 2.75) is 26.4 Å². The Morgan fingerprint density at radius 2 is 2.11 bits per heavy atom. The molecule has 0 amide bonds. The third-order valence-electron chi connectivity index (χ3n) is 3.23. The Bertz CT molecular complexity index is 610. The normalized spacial score (nSPS) is 12.7. The lowest BCUT2D eigenvalue weighted by Crippen LogP contribution is -2.07. The van der Waals surface area contributed by atoms with Crippen LogP contribution in [0.1, 0.15) is 28.6 Å². The molecule has 1 unspecified atom stereocenters. The van der Waals surface area contributed by atoms with E-state index >= 15 is 0 Å². The Balaban J connectivity index is 2.31. The molecule has 3 nitrogen and oxygen atoms in total. The Kier molecular flexibility index (Phi) is 4.33. The molecule has 0 saturated heterocycles. The number of nitrogens with zero attached hydrogens (tertiary/aromatic N) is 2. The van der Waals surface area contributed by atoms with Crippen molar-refractivity contribution in [2.75, 3.05) is 0 Å². The Morgan fingerprint density at radius 1 is 1.42 bits per heavy atom. The molecule has 0 radical (unpaired) electrons. The third-order valence-corrected chi connectivity index (χ3v) is 4.78. The lowest BCUT2D eigenvalue weighted by atomic mass is 10.0. The minimum atomic E-state index is -0.640. The van der Waals surface area contributed by atoms with Gasteiger partial charge in [0, 0.05) is 18.5 Å². The first-order valence-corrected chi connectivity index (χ1v) is 7.20. The van der Waals surface area contributed by atoms with E-state index < -0.39 is 6.10 Å². The van der Waals surface area contributed by atoms with Gasteiger partial charge in [0.2, 0.25) is 0 Å². The molecule has 1 aromatic heterocycles. The summed E-state index contributed by atoms with van der Waals surface area (Å²) in [6.45, 7) is 3.86. The van der Waals surface area contributed by atoms with E-state index in [0.29, 0.717) is 11.4 Å². The summed E-state index contributed by atoms with van der Waals surface area (Å²) >= 11 is 9.75. The van der Waals surface area contributed by atoms with E-state index in [1.54, 1.807) is 4.68 Å². The molecule has 1 N–H and O–H groups in total. The number of aromatic nitrogens is 2. The number of hydrogen-bond donors (Lipinski definition) is 1. The van der Waals surface area contributed by atoms with Crippen LogP contribution in [-0.4, -0.2) is 14.9 Å². The van der Waals surface area contributed by atoms with Crippen LogP contribution in [0.4, 0.5) is 0 Å². The fourth-order valence-corrected chi connectivity index (χ4v) is 2.87. The Hall–Kier alpha value is -0.840. The summed E-state index contributed by atoms with van der Waals surface area (Å²) in [7, 11) is 1.87. The lowest BCUT2D eigenvalue weighted by Gasteiger charge is -2.14. The molecule has 0 aliphatic rings. The second-order valence-electron chi connectivity index (χ2n) is 4.67. The predicted octanol–water partition coefficient (Wildman–Crippen LogP) is 3.73. The van der Waals surface area contributed by atoms with Gasteiger partial charge in [-0.25, -0.2) is 0 Å². The van der Waals surface area contributed by atoms with Crippen LogP contribution in [0.3, 0.4) is 0 Å². The molecule has 0 saturated carbocycles. The molecule has 5 heteroatoms. The number of benzene rings is 1. The molecule has 1 heterocycles. The number of halogens is 2. The second kappa shape index (κ2) is 5.65. The van der Waals surface area contributed by atoms with Gasteiger partial charge in [0.05, 0.1) is 22.0 Å². The van der Waals surface area contributed by atoms with Gasteiger partial charge in [0.15, 0.2) is 0 Å². The van der Waals surface area contributed by atoms with Gasteiger partial charge in [-0.2, -0.15) is 5.10 Å². The Morgan fingerprint density at radius 3 is 2.68 bits per heavy atom. The minimum Gasteiger partial charge on any atom is -0.388 e. The van der Waals surface area contributed by atoms with Crippen LogP contribution in [0.5, 0.6) is 0 Å². The fraction of sp³-hybridized carbons (Fsp3) is 0.357. The minimum absolute atomic E-state index is 0.473. The molecule has 0 aliphatic carbocycles. The molecule has 1 aromatic carbocycles. The van der Waals surface area contributed by atoms with Gasteiger partial charge in [0.25, 0.3) is 0 Å². The average Bonchev–Trinajstić information content (AvgIpc) is 2.59. The summed E-state index contributed by atoms with van der Waals surface area (Å²) in [5.74, 6) is 0. The zero-order valence-electron chi connectivity index (χ0n) is 11.1. The zero-order valence-corrected chi connectivity index (χ0v) is 13.5. The molecule has 0 fully saturated rings. The van der Waals surface area contributed by atoms with Crippen molar-refractivity contribution in [3.8, 4) is 0 Å². The number of hydrogen-bond acceptors (Lipinski definition) is 2. The molecule has 0 aliphatic heterocycles. The fourth-order valence-electron chi connectivity index (χ4n) is 2.12. The van der Waals surface area contributed by atoms with Crippen LogP contribution < -0.4 is 0 Å². The van der Waals surface area contributed by atoms with Crippen LogP contribution in [0.15, 0.2) is 22.7 Å². The van der Waals surface area contributed by atoms with Crippen LogP contribution >= 0.6 is 27.5 Å². The summed E-state index contributed by atoms with van der Waals surface area (Å²) in [5.41, 5.74) is 3.61. The molecule has 102 valence electrons. The number of aliphatic hydroxyl groups excluding tert-OH is 1. The standard InChI is InChI=1S/C14H16BrClN2O/c1-8-5-4-6-10(14(8)16)12(19)7-11-13(15)9(2)17-18(11)3/h4-6,12,19H,7H2,1-3H3. The van der Waals surface area contributed by atoms with Gasteiger partial charge in [-0.05, 0) is 40.9 Å². The van der Waals surface area contributed by atoms with E-state index in [0.717, 1.165) is 27.0 Å². The summed E-state index contributed by atoms with van der Waals surface area (Å²) in [4.78, 5) is 0. The monoisotopic (exact) mass is 342 g/mol. The predicted molar refractivity (Wildman–Crippen MR) is 80.5 cm³/mol. The second-order valence-corrected chi connectivity index (χ2v) is 5.84. The van der Waals surface area contributed by atoms with E-state index in [2.05, 4.69) is 21.0 Å². The van der Waals surface area contributed by atoms with Crippen LogP contribution in [-0.2, 0) is 13.5 Å². The molecular weight excluding hydrogens is 328 g/mol. The summed E-state index contributed by atoms with van der Waals surface area (Å²) < 4.78 is 2.73. The van der Waals surface area contributed by atoms with Crippen molar-refractivity contribution in [2.24, 2.45) is 7.05 Å². The van der Waals surface area contributed by atoms with Crippen LogP contribution in [0.2, 0.25) is 5.02 Å². The maximum Gasteiger partial charge on any atom is 0.0860 e. The maximum atomic E-state index is 10.4. The van der Waals surface area contributed by atoms with Crippen LogP contribution in [0.25, 0.3) is 0 Å². The summed E-state index contributed by atoms with van der Waals surface area (Å²) in [6.07, 6.45) is -0.167. The van der Waals surface area contributed by atoms with Crippen molar-refractivity contribution in [1.29, 1.82) is 0 Å². The van der Waals surface area contributed by atoms with Crippen molar-refractivity contribution in [3.63, 3.8) is 0 Å². The molecule has 2 rings (SSSR count). The number of aliphatic hydroxyl groups is 1. The highest BCUT2D eigenvalue weighted by Gasteiger charge is 2.18. The van der Waals surface area contributed by atoms with E-state index in [9.17, 15) is 5.11 Å². The highest BCUT2D eigenvalue weighted by Crippen LogP contribution is 2.30. The van der Waals surface area contributed by atoms with Gasteiger partial charge in [0.1, 0.15) is 0 Å². The van der Waals surface area contributed by atoms with E-state index in [1.165, 1.54) is 0 Å². The Labute approximate surface area is 126 Å². The van der Waals surface area contributed by atoms with E-state index in [1.807, 2.05) is 39.1 Å². The summed E-state index contributed by atoms with van der Waals surface area (Å²) in [6, 6.07) is 5.70. The SMILES string of the molecule is Cc1cccc(C(O)Cc2c(Br)c(C)nn2C)c1Cl. The first kappa shape index (κ1) is 14.6. The zero-order chi connectivity index (χ0) is 14.2. The molecule has 2 aromatic rings. The van der Waals surface area contributed by atoms with Crippen molar-refractivity contribution >= 4 is 27.5 Å². The van der Waals surface area contributed by atoms with E-state index in [-0.39, 0.29) is 0 Å². The van der Waals surface area contributed by atoms with Gasteiger partial charge < -0.3 is 5.11 Å². The highest BCUT2D eigenvalue weighted by atomic mass is 79.9. The van der Waals surface area contributed by atoms with Crippen molar-refractivity contribution in [1.82, 2.24) is 9.78 Å². The first-order chi connectivity index (χ1) is 8.91. The number of aryl methyl sites for hydroxylation is 3. The molecular formula is C14H16BrClN2O. The lowest BCUT2D eigenvalue weighted by molar-refractivity contribution is 0.175. The molecule has 19 heavy (non-hydrogen) atoms. The van der Waals surface area contributed by atoms with Crippen LogP contribution in [0, 0.1) is 13.8 Å². The molecule has 1 atom stereocenters. The molecule has 0 bridgehead atoms. The summed E-state index contributed by atoms with van der Waals surface area (Å²) in [5, 5.41) is 15.3. The maximum absolute atomic E-state index is 10.4. The van der Waals surface area contributed by atoms with Gasteiger partial charge in [-0.15, -0.1) is 0 Å².